The summed E-state index contributed by atoms with van der Waals surface area (Å²) >= 11 is 1.64. The molecular formula is C12H19N3O3S2. The molecule has 2 N–H and O–H groups in total. The van der Waals surface area contributed by atoms with Gasteiger partial charge in [0.2, 0.25) is 5.88 Å². The number of aromatic nitrogens is 1. The number of anilines is 2. The number of ether oxygens (including phenoxy) is 1. The van der Waals surface area contributed by atoms with Gasteiger partial charge in [-0.1, -0.05) is 6.92 Å². The van der Waals surface area contributed by atoms with Crippen LogP contribution in [-0.2, 0) is 9.84 Å². The van der Waals surface area contributed by atoms with Crippen LogP contribution in [0, 0.1) is 0 Å². The van der Waals surface area contributed by atoms with Crippen LogP contribution in [0.3, 0.4) is 0 Å². The van der Waals surface area contributed by atoms with Crippen molar-refractivity contribution in [1.29, 1.82) is 0 Å². The van der Waals surface area contributed by atoms with Gasteiger partial charge >= 0.3 is 0 Å². The van der Waals surface area contributed by atoms with Crippen molar-refractivity contribution < 1.29 is 13.2 Å². The quantitative estimate of drug-likeness (QED) is 0.886. The molecule has 1 aliphatic rings. The molecule has 0 amide bonds. The number of pyridine rings is 1. The summed E-state index contributed by atoms with van der Waals surface area (Å²) in [6, 6.07) is 3.36. The van der Waals surface area contributed by atoms with Crippen LogP contribution >= 0.6 is 11.8 Å². The van der Waals surface area contributed by atoms with Crippen LogP contribution in [0.1, 0.15) is 6.92 Å². The molecule has 1 atom stereocenters. The summed E-state index contributed by atoms with van der Waals surface area (Å²) in [7, 11) is -1.66. The Balaban J connectivity index is 2.42. The summed E-state index contributed by atoms with van der Waals surface area (Å²) in [5.41, 5.74) is 6.43. The van der Waals surface area contributed by atoms with Gasteiger partial charge in [-0.15, -0.1) is 0 Å². The van der Waals surface area contributed by atoms with Gasteiger partial charge < -0.3 is 15.4 Å². The van der Waals surface area contributed by atoms with Crippen LogP contribution in [0.15, 0.2) is 12.1 Å². The second-order valence-corrected chi connectivity index (χ2v) is 8.04. The molecule has 0 bridgehead atoms. The predicted molar refractivity (Wildman–Crippen MR) is 83.1 cm³/mol. The smallest absolute Gasteiger partial charge is 0.215 e. The van der Waals surface area contributed by atoms with Gasteiger partial charge in [0, 0.05) is 29.9 Å². The van der Waals surface area contributed by atoms with Crippen LogP contribution in [0.2, 0.25) is 0 Å². The zero-order chi connectivity index (χ0) is 14.8. The molecule has 1 aromatic heterocycles. The number of nitrogen functional groups attached to an aromatic ring is 1. The SMILES string of the molecule is CCS(=O)(=O)C1CSCCN1c1nc(OC)ccc1N. The highest BCUT2D eigenvalue weighted by Gasteiger charge is 2.34. The second kappa shape index (κ2) is 6.09. The third kappa shape index (κ3) is 2.95. The number of nitrogens with zero attached hydrogens (tertiary/aromatic N) is 2. The van der Waals surface area contributed by atoms with E-state index in [-0.39, 0.29) is 5.75 Å². The molecule has 2 heterocycles. The van der Waals surface area contributed by atoms with Crippen molar-refractivity contribution in [2.75, 3.05) is 41.5 Å². The highest BCUT2D eigenvalue weighted by atomic mass is 32.2. The average Bonchev–Trinajstić information content (AvgIpc) is 2.48. The largest absolute Gasteiger partial charge is 0.481 e. The van der Waals surface area contributed by atoms with Gasteiger partial charge in [-0.25, -0.2) is 8.42 Å². The lowest BCUT2D eigenvalue weighted by atomic mass is 10.3. The van der Waals surface area contributed by atoms with Crippen molar-refractivity contribution >= 4 is 33.1 Å². The average molecular weight is 317 g/mol. The first-order chi connectivity index (χ1) is 9.49. The monoisotopic (exact) mass is 317 g/mol. The van der Waals surface area contributed by atoms with E-state index in [1.807, 2.05) is 0 Å². The van der Waals surface area contributed by atoms with Crippen LogP contribution in [-0.4, -0.2) is 49.7 Å². The lowest BCUT2D eigenvalue weighted by molar-refractivity contribution is 0.398. The molecule has 1 aliphatic heterocycles. The van der Waals surface area contributed by atoms with E-state index in [4.69, 9.17) is 10.5 Å². The third-order valence-electron chi connectivity index (χ3n) is 3.26. The lowest BCUT2D eigenvalue weighted by Gasteiger charge is -2.36. The maximum Gasteiger partial charge on any atom is 0.215 e. The summed E-state index contributed by atoms with van der Waals surface area (Å²) < 4.78 is 29.6. The van der Waals surface area contributed by atoms with Gasteiger partial charge in [-0.2, -0.15) is 16.7 Å². The Morgan fingerprint density at radius 2 is 2.30 bits per heavy atom. The molecule has 1 aromatic rings. The summed E-state index contributed by atoms with van der Waals surface area (Å²) in [6.45, 7) is 2.27. The highest BCUT2D eigenvalue weighted by Crippen LogP contribution is 2.31. The topological polar surface area (TPSA) is 85.5 Å². The summed E-state index contributed by atoms with van der Waals surface area (Å²) in [5, 5.41) is -0.576. The van der Waals surface area contributed by atoms with E-state index >= 15 is 0 Å². The fraction of sp³-hybridized carbons (Fsp3) is 0.583. The summed E-state index contributed by atoms with van der Waals surface area (Å²) in [5.74, 6) is 2.42. The van der Waals surface area contributed by atoms with Crippen LogP contribution in [0.5, 0.6) is 5.88 Å². The first-order valence-corrected chi connectivity index (χ1v) is 9.23. The molecule has 0 aliphatic carbocycles. The van der Waals surface area contributed by atoms with Crippen LogP contribution in [0.25, 0.3) is 0 Å². The van der Waals surface area contributed by atoms with Crippen molar-refractivity contribution in [2.45, 2.75) is 12.3 Å². The fourth-order valence-corrected chi connectivity index (χ4v) is 5.07. The second-order valence-electron chi connectivity index (χ2n) is 4.44. The Morgan fingerprint density at radius 1 is 1.55 bits per heavy atom. The van der Waals surface area contributed by atoms with E-state index in [9.17, 15) is 8.42 Å². The van der Waals surface area contributed by atoms with Crippen molar-refractivity contribution in [1.82, 2.24) is 4.98 Å². The predicted octanol–water partition coefficient (Wildman–Crippen LogP) is 0.986. The molecule has 0 spiro atoms. The van der Waals surface area contributed by atoms with E-state index < -0.39 is 15.2 Å². The van der Waals surface area contributed by atoms with Gasteiger partial charge in [-0.05, 0) is 6.07 Å². The number of rotatable bonds is 4. The fourth-order valence-electron chi connectivity index (χ4n) is 2.10. The van der Waals surface area contributed by atoms with Gasteiger partial charge in [-0.3, -0.25) is 0 Å². The third-order valence-corrected chi connectivity index (χ3v) is 6.55. The Kier molecular flexibility index (Phi) is 4.64. The van der Waals surface area contributed by atoms with Gasteiger partial charge in [0.25, 0.3) is 0 Å². The highest BCUT2D eigenvalue weighted by molar-refractivity contribution is 8.01. The van der Waals surface area contributed by atoms with E-state index in [0.717, 1.165) is 5.75 Å². The molecule has 2 rings (SSSR count). The maximum absolute atomic E-state index is 12.2. The Labute approximate surface area is 123 Å². The van der Waals surface area contributed by atoms with E-state index in [0.29, 0.717) is 29.7 Å². The number of nitrogens with two attached hydrogens (primary N) is 1. The van der Waals surface area contributed by atoms with Crippen molar-refractivity contribution in [3.63, 3.8) is 0 Å². The Morgan fingerprint density at radius 3 is 2.95 bits per heavy atom. The maximum atomic E-state index is 12.2. The summed E-state index contributed by atoms with van der Waals surface area (Å²) in [4.78, 5) is 6.10. The van der Waals surface area contributed by atoms with E-state index in [1.165, 1.54) is 7.11 Å². The minimum absolute atomic E-state index is 0.110. The standard InChI is InChI=1S/C12H19N3O3S2/c1-3-20(16,17)11-8-19-7-6-15(11)12-9(13)4-5-10(14-12)18-2/h4-5,11H,3,6-8,13H2,1-2H3. The zero-order valence-electron chi connectivity index (χ0n) is 11.6. The number of hydrogen-bond donors (Lipinski definition) is 1. The minimum atomic E-state index is -3.19. The van der Waals surface area contributed by atoms with Gasteiger partial charge in [0.15, 0.2) is 15.7 Å². The molecule has 0 radical (unpaired) electrons. The first-order valence-electron chi connectivity index (χ1n) is 6.36. The Hall–Kier alpha value is -1.15. The van der Waals surface area contributed by atoms with Crippen molar-refractivity contribution in [3.05, 3.63) is 12.1 Å². The molecule has 8 heteroatoms. The van der Waals surface area contributed by atoms with E-state index in [2.05, 4.69) is 4.98 Å². The molecule has 1 unspecified atom stereocenters. The minimum Gasteiger partial charge on any atom is -0.481 e. The molecule has 112 valence electrons. The molecule has 1 saturated heterocycles. The van der Waals surface area contributed by atoms with Gasteiger partial charge in [0.05, 0.1) is 12.8 Å². The molecule has 1 fully saturated rings. The first kappa shape index (κ1) is 15.2. The van der Waals surface area contributed by atoms with E-state index in [1.54, 1.807) is 35.7 Å². The zero-order valence-corrected chi connectivity index (χ0v) is 13.2. The molecule has 6 nitrogen and oxygen atoms in total. The molecule has 0 saturated carbocycles. The number of methoxy groups -OCH3 is 1. The molecular weight excluding hydrogens is 298 g/mol. The van der Waals surface area contributed by atoms with Crippen LogP contribution in [0.4, 0.5) is 11.5 Å². The van der Waals surface area contributed by atoms with Crippen molar-refractivity contribution in [2.24, 2.45) is 0 Å². The lowest BCUT2D eigenvalue weighted by Crippen LogP contribution is -2.48. The Bertz CT molecular complexity index is 577. The number of sulfone groups is 1. The normalized spacial score (nSPS) is 19.9. The van der Waals surface area contributed by atoms with Crippen LogP contribution < -0.4 is 15.4 Å². The number of thioether (sulfide) groups is 1. The molecule has 20 heavy (non-hydrogen) atoms. The summed E-state index contributed by atoms with van der Waals surface area (Å²) in [6.07, 6.45) is 0. The van der Waals surface area contributed by atoms with Gasteiger partial charge in [0.1, 0.15) is 5.37 Å². The number of hydrogen-bond acceptors (Lipinski definition) is 7. The molecule has 0 aromatic carbocycles. The van der Waals surface area contributed by atoms with Crippen molar-refractivity contribution in [3.8, 4) is 5.88 Å².